The summed E-state index contributed by atoms with van der Waals surface area (Å²) in [7, 11) is 2.16. The second kappa shape index (κ2) is 9.50. The van der Waals surface area contributed by atoms with Crippen LogP contribution in [0.5, 0.6) is 0 Å². The van der Waals surface area contributed by atoms with Gasteiger partial charge in [0, 0.05) is 12.2 Å². The van der Waals surface area contributed by atoms with E-state index in [1.54, 1.807) is 4.68 Å². The summed E-state index contributed by atoms with van der Waals surface area (Å²) < 4.78 is 4.79. The van der Waals surface area contributed by atoms with Crippen LogP contribution in [0.15, 0.2) is 52.9 Å². The van der Waals surface area contributed by atoms with Crippen molar-refractivity contribution in [1.29, 1.82) is 0 Å². The Hall–Kier alpha value is -2.94. The first-order valence-electron chi connectivity index (χ1n) is 12.9. The Morgan fingerprint density at radius 1 is 1.17 bits per heavy atom. The van der Waals surface area contributed by atoms with Crippen molar-refractivity contribution < 1.29 is 5.11 Å². The van der Waals surface area contributed by atoms with E-state index in [4.69, 9.17) is 4.98 Å². The average molecular weight is 504 g/mol. The number of fused-ring (bicyclic) bond motifs is 2. The van der Waals surface area contributed by atoms with E-state index in [2.05, 4.69) is 30.2 Å². The van der Waals surface area contributed by atoms with Gasteiger partial charge in [-0.1, -0.05) is 41.7 Å². The van der Waals surface area contributed by atoms with Gasteiger partial charge < -0.3 is 14.9 Å². The number of hydrogen-bond donors (Lipinski definition) is 1. The minimum absolute atomic E-state index is 0.0709. The number of hydrogen-bond acceptors (Lipinski definition) is 6. The fourth-order valence-electron chi connectivity index (χ4n) is 5.67. The number of rotatable bonds is 5. The minimum Gasteiger partial charge on any atom is -0.370 e. The molecule has 3 aliphatic rings. The smallest absolute Gasteiger partial charge is 0.283 e. The van der Waals surface area contributed by atoms with Crippen molar-refractivity contribution in [3.8, 4) is 5.13 Å². The van der Waals surface area contributed by atoms with Gasteiger partial charge in [-0.25, -0.2) is 4.98 Å². The molecule has 0 bridgehead atoms. The van der Waals surface area contributed by atoms with Gasteiger partial charge in [-0.3, -0.25) is 9.48 Å². The van der Waals surface area contributed by atoms with Gasteiger partial charge in [0.15, 0.2) is 0 Å². The van der Waals surface area contributed by atoms with E-state index in [9.17, 15) is 9.90 Å². The molecule has 1 unspecified atom stereocenters. The van der Waals surface area contributed by atoms with Crippen molar-refractivity contribution >= 4 is 33.3 Å². The third-order valence-corrected chi connectivity index (χ3v) is 8.77. The third-order valence-electron chi connectivity index (χ3n) is 7.76. The van der Waals surface area contributed by atoms with E-state index >= 15 is 0 Å². The molecule has 4 heterocycles. The number of aliphatic hydroxyl groups excluding tert-OH is 1. The highest BCUT2D eigenvalue weighted by atomic mass is 32.1. The van der Waals surface area contributed by atoms with E-state index in [1.165, 1.54) is 16.9 Å². The highest BCUT2D eigenvalue weighted by Crippen LogP contribution is 2.25. The Bertz CT molecular complexity index is 1500. The molecule has 0 radical (unpaired) electrons. The number of thiazole rings is 1. The fraction of sp³-hybridized carbons (Fsp3) is 0.429. The molecule has 7 nitrogen and oxygen atoms in total. The molecule has 0 spiro atoms. The third kappa shape index (κ3) is 4.17. The SMILES string of the molecule is CC1=c2c(n(CC3=CCCC=C3)n(-c3nc4ccccc4s3)c2=O)=CC(O)N1CC1CCN(C)CC1. The zero-order valence-corrected chi connectivity index (χ0v) is 21.7. The van der Waals surface area contributed by atoms with E-state index < -0.39 is 6.23 Å². The molecule has 1 N–H and O–H groups in total. The van der Waals surface area contributed by atoms with E-state index in [0.717, 1.165) is 66.6 Å². The number of piperidine rings is 1. The molecule has 3 aromatic rings. The molecule has 1 aromatic carbocycles. The first kappa shape index (κ1) is 23.5. The summed E-state index contributed by atoms with van der Waals surface area (Å²) in [5.74, 6) is 0.506. The van der Waals surface area contributed by atoms with Gasteiger partial charge in [0.25, 0.3) is 5.56 Å². The van der Waals surface area contributed by atoms with E-state index in [0.29, 0.717) is 22.8 Å². The number of para-hydroxylation sites is 1. The molecule has 8 heteroatoms. The lowest BCUT2D eigenvalue weighted by atomic mass is 9.96. The van der Waals surface area contributed by atoms with Crippen LogP contribution in [0.3, 0.4) is 0 Å². The lowest BCUT2D eigenvalue weighted by molar-refractivity contribution is 0.0735. The van der Waals surface area contributed by atoms with Crippen LogP contribution in [0.4, 0.5) is 0 Å². The Balaban J connectivity index is 1.50. The zero-order chi connectivity index (χ0) is 24.8. The van der Waals surface area contributed by atoms with Crippen molar-refractivity contribution in [3.05, 3.63) is 69.0 Å². The van der Waals surface area contributed by atoms with Gasteiger partial charge in [0.1, 0.15) is 6.23 Å². The molecule has 188 valence electrons. The zero-order valence-electron chi connectivity index (χ0n) is 20.9. The molecule has 36 heavy (non-hydrogen) atoms. The summed E-state index contributed by atoms with van der Waals surface area (Å²) in [4.78, 5) is 23.3. The molecule has 1 aliphatic carbocycles. The second-order valence-corrected chi connectivity index (χ2v) is 11.2. The molecule has 1 fully saturated rings. The molecule has 2 aliphatic heterocycles. The Labute approximate surface area is 214 Å². The Morgan fingerprint density at radius 3 is 2.72 bits per heavy atom. The van der Waals surface area contributed by atoms with Crippen LogP contribution in [0.25, 0.3) is 27.1 Å². The van der Waals surface area contributed by atoms with Crippen LogP contribution in [0.2, 0.25) is 0 Å². The van der Waals surface area contributed by atoms with Gasteiger partial charge in [-0.2, -0.15) is 4.68 Å². The Morgan fingerprint density at radius 2 is 1.97 bits per heavy atom. The maximum Gasteiger partial charge on any atom is 0.283 e. The van der Waals surface area contributed by atoms with Crippen LogP contribution in [0.1, 0.15) is 32.6 Å². The monoisotopic (exact) mass is 503 g/mol. The molecule has 1 saturated heterocycles. The van der Waals surface area contributed by atoms with Crippen molar-refractivity contribution in [2.45, 2.75) is 45.4 Å². The van der Waals surface area contributed by atoms with Gasteiger partial charge in [-0.15, -0.1) is 0 Å². The standard InChI is InChI=1S/C28H33N5O2S/c1-19-26-23(16-25(34)31(19)17-21-12-14-30(2)15-13-21)32(18-20-8-4-3-5-9-20)33(27(26)35)28-29-22-10-6-7-11-24(22)36-28/h4,6-11,16,21,25,34H,3,5,12-15,17-18H2,1-2H3. The van der Waals surface area contributed by atoms with Gasteiger partial charge in [0.2, 0.25) is 5.13 Å². The summed E-state index contributed by atoms with van der Waals surface area (Å²) in [5.41, 5.74) is 2.84. The van der Waals surface area contributed by atoms with Crippen molar-refractivity contribution in [2.75, 3.05) is 26.7 Å². The maximum atomic E-state index is 14.1. The average Bonchev–Trinajstić information content (AvgIpc) is 3.42. The largest absolute Gasteiger partial charge is 0.370 e. The first-order chi connectivity index (χ1) is 17.5. The van der Waals surface area contributed by atoms with Crippen molar-refractivity contribution in [1.82, 2.24) is 24.1 Å². The normalized spacial score (nSPS) is 21.1. The molecule has 6 rings (SSSR count). The molecular weight excluding hydrogens is 470 g/mol. The predicted octanol–water partition coefficient (Wildman–Crippen LogP) is 2.41. The van der Waals surface area contributed by atoms with E-state index in [-0.39, 0.29) is 5.56 Å². The highest BCUT2D eigenvalue weighted by Gasteiger charge is 2.28. The van der Waals surface area contributed by atoms with Crippen LogP contribution in [-0.2, 0) is 6.54 Å². The quantitative estimate of drug-likeness (QED) is 0.579. The van der Waals surface area contributed by atoms with Crippen molar-refractivity contribution in [3.63, 3.8) is 0 Å². The van der Waals surface area contributed by atoms with E-state index in [1.807, 2.05) is 46.8 Å². The van der Waals surface area contributed by atoms with Crippen LogP contribution in [-0.4, -0.2) is 62.2 Å². The number of nitrogens with zero attached hydrogens (tertiary/aromatic N) is 5. The molecule has 2 aromatic heterocycles. The van der Waals surface area contributed by atoms with Gasteiger partial charge >= 0.3 is 0 Å². The summed E-state index contributed by atoms with van der Waals surface area (Å²) in [6.07, 6.45) is 11.9. The summed E-state index contributed by atoms with van der Waals surface area (Å²) >= 11 is 1.53. The predicted molar refractivity (Wildman–Crippen MR) is 145 cm³/mol. The fourth-order valence-corrected chi connectivity index (χ4v) is 6.64. The van der Waals surface area contributed by atoms with Gasteiger partial charge in [0.05, 0.1) is 27.3 Å². The lowest BCUT2D eigenvalue weighted by Crippen LogP contribution is -2.51. The maximum absolute atomic E-state index is 14.1. The molecule has 0 saturated carbocycles. The van der Waals surface area contributed by atoms with Crippen LogP contribution in [0, 0.1) is 5.92 Å². The number of aliphatic hydroxyl groups is 1. The van der Waals surface area contributed by atoms with Crippen LogP contribution < -0.4 is 16.1 Å². The van der Waals surface area contributed by atoms with Gasteiger partial charge in [-0.05, 0) is 82.4 Å². The highest BCUT2D eigenvalue weighted by molar-refractivity contribution is 7.20. The Kier molecular flexibility index (Phi) is 6.19. The summed E-state index contributed by atoms with van der Waals surface area (Å²) in [6, 6.07) is 7.99. The molecule has 0 amide bonds. The summed E-state index contributed by atoms with van der Waals surface area (Å²) in [6.45, 7) is 5.45. The molecule has 1 atom stereocenters. The number of likely N-dealkylation sites (tertiary alicyclic amines) is 1. The summed E-state index contributed by atoms with van der Waals surface area (Å²) in [5, 5.41) is 13.4. The lowest BCUT2D eigenvalue weighted by Gasteiger charge is -2.37. The minimum atomic E-state index is -0.759. The number of aromatic nitrogens is 3. The first-order valence-corrected chi connectivity index (χ1v) is 13.7. The van der Waals surface area contributed by atoms with Crippen LogP contribution >= 0.6 is 11.3 Å². The number of benzene rings is 1. The van der Waals surface area contributed by atoms with Crippen molar-refractivity contribution in [2.24, 2.45) is 5.92 Å². The number of allylic oxidation sites excluding steroid dienone is 4. The molecular formula is C28H33N5O2S. The topological polar surface area (TPSA) is 66.5 Å². The second-order valence-electron chi connectivity index (χ2n) is 10.2.